The fraction of sp³-hybridized carbons (Fsp3) is 0.818. The maximum atomic E-state index is 11.4. The molecule has 0 aromatic carbocycles. The first-order chi connectivity index (χ1) is 7.24. The number of methoxy groups -OCH3 is 1. The van der Waals surface area contributed by atoms with Crippen LogP contribution in [0.25, 0.3) is 0 Å². The summed E-state index contributed by atoms with van der Waals surface area (Å²) >= 11 is 0. The molecule has 0 fully saturated rings. The standard InChI is InChI=1S/C11H21NO4/c1-11(2,3)16-10(14)7-8(12)5-6-9(13)15-4/h8H,5-7,12H2,1-4H3/t8-/m0/s1. The first-order valence-electron chi connectivity index (χ1n) is 5.29. The summed E-state index contributed by atoms with van der Waals surface area (Å²) in [5, 5.41) is 0. The van der Waals surface area contributed by atoms with Gasteiger partial charge in [0, 0.05) is 12.5 Å². The number of carbonyl (C=O) groups is 2. The third kappa shape index (κ3) is 8.23. The van der Waals surface area contributed by atoms with Crippen molar-refractivity contribution in [2.24, 2.45) is 5.73 Å². The second kappa shape index (κ2) is 6.48. The van der Waals surface area contributed by atoms with E-state index in [0.717, 1.165) is 0 Å². The van der Waals surface area contributed by atoms with E-state index in [9.17, 15) is 9.59 Å². The Morgan fingerprint density at radius 3 is 2.25 bits per heavy atom. The molecule has 0 bridgehead atoms. The highest BCUT2D eigenvalue weighted by molar-refractivity contribution is 5.71. The van der Waals surface area contributed by atoms with Crippen molar-refractivity contribution in [2.75, 3.05) is 7.11 Å². The molecular formula is C11H21NO4. The lowest BCUT2D eigenvalue weighted by Crippen LogP contribution is -2.30. The Bertz CT molecular complexity index is 245. The molecule has 0 saturated heterocycles. The lowest BCUT2D eigenvalue weighted by Gasteiger charge is -2.20. The average molecular weight is 231 g/mol. The third-order valence-electron chi connectivity index (χ3n) is 1.80. The monoisotopic (exact) mass is 231 g/mol. The molecule has 0 unspecified atom stereocenters. The van der Waals surface area contributed by atoms with E-state index in [1.54, 1.807) is 20.8 Å². The number of hydrogen-bond donors (Lipinski definition) is 1. The SMILES string of the molecule is COC(=O)CC[C@H](N)CC(=O)OC(C)(C)C. The highest BCUT2D eigenvalue weighted by atomic mass is 16.6. The van der Waals surface area contributed by atoms with E-state index < -0.39 is 5.60 Å². The van der Waals surface area contributed by atoms with Crippen molar-refractivity contribution >= 4 is 11.9 Å². The van der Waals surface area contributed by atoms with Crippen LogP contribution in [0.15, 0.2) is 0 Å². The Morgan fingerprint density at radius 2 is 1.81 bits per heavy atom. The largest absolute Gasteiger partial charge is 0.469 e. The molecule has 0 rings (SSSR count). The zero-order valence-corrected chi connectivity index (χ0v) is 10.4. The van der Waals surface area contributed by atoms with Crippen molar-refractivity contribution in [1.29, 1.82) is 0 Å². The topological polar surface area (TPSA) is 78.6 Å². The molecule has 0 aromatic heterocycles. The summed E-state index contributed by atoms with van der Waals surface area (Å²) in [7, 11) is 1.32. The van der Waals surface area contributed by atoms with Gasteiger partial charge in [0.1, 0.15) is 5.60 Å². The summed E-state index contributed by atoms with van der Waals surface area (Å²) in [6, 6.07) is -0.367. The summed E-state index contributed by atoms with van der Waals surface area (Å²) in [5.41, 5.74) is 5.19. The molecule has 0 saturated carbocycles. The number of esters is 2. The predicted molar refractivity (Wildman–Crippen MR) is 59.7 cm³/mol. The maximum Gasteiger partial charge on any atom is 0.307 e. The number of ether oxygens (including phenoxy) is 2. The fourth-order valence-corrected chi connectivity index (χ4v) is 1.10. The first kappa shape index (κ1) is 14.9. The average Bonchev–Trinajstić information content (AvgIpc) is 2.10. The molecule has 5 heteroatoms. The van der Waals surface area contributed by atoms with E-state index in [1.165, 1.54) is 7.11 Å². The van der Waals surface area contributed by atoms with Gasteiger partial charge in [0.2, 0.25) is 0 Å². The van der Waals surface area contributed by atoms with Gasteiger partial charge in [0.05, 0.1) is 13.5 Å². The molecule has 5 nitrogen and oxygen atoms in total. The van der Waals surface area contributed by atoms with E-state index in [-0.39, 0.29) is 30.8 Å². The Morgan fingerprint density at radius 1 is 1.25 bits per heavy atom. The molecule has 1 atom stereocenters. The molecule has 0 aliphatic rings. The van der Waals surface area contributed by atoms with E-state index in [0.29, 0.717) is 6.42 Å². The van der Waals surface area contributed by atoms with Gasteiger partial charge in [0.15, 0.2) is 0 Å². The van der Waals surface area contributed by atoms with Gasteiger partial charge in [-0.25, -0.2) is 0 Å². The lowest BCUT2D eigenvalue weighted by atomic mass is 10.1. The van der Waals surface area contributed by atoms with E-state index in [1.807, 2.05) is 0 Å². The fourth-order valence-electron chi connectivity index (χ4n) is 1.10. The minimum Gasteiger partial charge on any atom is -0.469 e. The van der Waals surface area contributed by atoms with Crippen LogP contribution in [0.5, 0.6) is 0 Å². The quantitative estimate of drug-likeness (QED) is 0.714. The van der Waals surface area contributed by atoms with Crippen molar-refractivity contribution in [3.63, 3.8) is 0 Å². The van der Waals surface area contributed by atoms with Crippen LogP contribution in [-0.4, -0.2) is 30.7 Å². The summed E-state index contributed by atoms with van der Waals surface area (Å²) in [5.74, 6) is -0.662. The van der Waals surface area contributed by atoms with Gasteiger partial charge in [-0.05, 0) is 27.2 Å². The molecule has 0 heterocycles. The van der Waals surface area contributed by atoms with Crippen LogP contribution in [0, 0.1) is 0 Å². The molecular weight excluding hydrogens is 210 g/mol. The maximum absolute atomic E-state index is 11.4. The Kier molecular flexibility index (Phi) is 6.03. The van der Waals surface area contributed by atoms with Gasteiger partial charge in [-0.2, -0.15) is 0 Å². The highest BCUT2D eigenvalue weighted by Crippen LogP contribution is 2.10. The number of carbonyl (C=O) groups excluding carboxylic acids is 2. The molecule has 0 aliphatic carbocycles. The molecule has 0 aliphatic heterocycles. The number of rotatable bonds is 5. The van der Waals surface area contributed by atoms with Crippen LogP contribution in [0.2, 0.25) is 0 Å². The van der Waals surface area contributed by atoms with Gasteiger partial charge in [-0.15, -0.1) is 0 Å². The van der Waals surface area contributed by atoms with Gasteiger partial charge in [-0.1, -0.05) is 0 Å². The normalized spacial score (nSPS) is 13.1. The van der Waals surface area contributed by atoms with Crippen LogP contribution in [0.3, 0.4) is 0 Å². The van der Waals surface area contributed by atoms with E-state index >= 15 is 0 Å². The highest BCUT2D eigenvalue weighted by Gasteiger charge is 2.19. The van der Waals surface area contributed by atoms with Crippen LogP contribution in [-0.2, 0) is 19.1 Å². The Hall–Kier alpha value is -1.10. The summed E-state index contributed by atoms with van der Waals surface area (Å²) in [4.78, 5) is 22.2. The van der Waals surface area contributed by atoms with Crippen molar-refractivity contribution in [3.8, 4) is 0 Å². The smallest absolute Gasteiger partial charge is 0.307 e. The van der Waals surface area contributed by atoms with Crippen molar-refractivity contribution in [1.82, 2.24) is 0 Å². The van der Waals surface area contributed by atoms with Crippen molar-refractivity contribution in [3.05, 3.63) is 0 Å². The Labute approximate surface area is 96.3 Å². The van der Waals surface area contributed by atoms with Gasteiger partial charge < -0.3 is 15.2 Å². The number of hydrogen-bond acceptors (Lipinski definition) is 5. The van der Waals surface area contributed by atoms with Crippen LogP contribution >= 0.6 is 0 Å². The summed E-state index contributed by atoms with van der Waals surface area (Å²) in [6.07, 6.45) is 0.765. The molecule has 0 amide bonds. The third-order valence-corrected chi connectivity index (χ3v) is 1.80. The molecule has 2 N–H and O–H groups in total. The van der Waals surface area contributed by atoms with Crippen molar-refractivity contribution < 1.29 is 19.1 Å². The zero-order chi connectivity index (χ0) is 12.8. The van der Waals surface area contributed by atoms with Crippen molar-refractivity contribution in [2.45, 2.75) is 51.7 Å². The van der Waals surface area contributed by atoms with Gasteiger partial charge >= 0.3 is 11.9 Å². The molecule has 0 aromatic rings. The predicted octanol–water partition coefficient (Wildman–Crippen LogP) is 0.999. The molecule has 0 spiro atoms. The minimum atomic E-state index is -0.501. The van der Waals surface area contributed by atoms with Crippen LogP contribution < -0.4 is 5.73 Å². The molecule has 16 heavy (non-hydrogen) atoms. The number of nitrogens with two attached hydrogens (primary N) is 1. The first-order valence-corrected chi connectivity index (χ1v) is 5.29. The minimum absolute atomic E-state index is 0.119. The van der Waals surface area contributed by atoms with Crippen LogP contribution in [0.1, 0.15) is 40.0 Å². The molecule has 0 radical (unpaired) electrons. The zero-order valence-electron chi connectivity index (χ0n) is 10.4. The van der Waals surface area contributed by atoms with Gasteiger partial charge in [0.25, 0.3) is 0 Å². The second-order valence-electron chi connectivity index (χ2n) is 4.67. The Balaban J connectivity index is 3.83. The van der Waals surface area contributed by atoms with E-state index in [2.05, 4.69) is 4.74 Å². The summed E-state index contributed by atoms with van der Waals surface area (Å²) < 4.78 is 9.58. The van der Waals surface area contributed by atoms with E-state index in [4.69, 9.17) is 10.5 Å². The van der Waals surface area contributed by atoms with Crippen LogP contribution in [0.4, 0.5) is 0 Å². The molecule has 94 valence electrons. The second-order valence-corrected chi connectivity index (χ2v) is 4.67. The van der Waals surface area contributed by atoms with Gasteiger partial charge in [-0.3, -0.25) is 9.59 Å². The lowest BCUT2D eigenvalue weighted by molar-refractivity contribution is -0.155. The summed E-state index contributed by atoms with van der Waals surface area (Å²) in [6.45, 7) is 5.39.